The summed E-state index contributed by atoms with van der Waals surface area (Å²) in [7, 11) is 0. The lowest BCUT2D eigenvalue weighted by molar-refractivity contribution is -0.125. The summed E-state index contributed by atoms with van der Waals surface area (Å²) < 4.78 is 0. The average Bonchev–Trinajstić information content (AvgIpc) is 2.87. The zero-order chi connectivity index (χ0) is 16.4. The molecule has 1 N–H and O–H groups in total. The molecule has 1 aromatic rings. The Morgan fingerprint density at radius 2 is 1.83 bits per heavy atom. The topological polar surface area (TPSA) is 69.7 Å². The van der Waals surface area contributed by atoms with Gasteiger partial charge in [-0.15, -0.1) is 0 Å². The second kappa shape index (κ2) is 6.40. The Bertz CT molecular complexity index is 602. The van der Waals surface area contributed by atoms with Crippen LogP contribution in [0.15, 0.2) is 24.3 Å². The van der Waals surface area contributed by atoms with Gasteiger partial charge in [-0.3, -0.25) is 14.5 Å². The van der Waals surface area contributed by atoms with Crippen molar-refractivity contribution >= 4 is 17.8 Å². The Labute approximate surface area is 135 Å². The molecule has 0 saturated carbocycles. The summed E-state index contributed by atoms with van der Waals surface area (Å²) in [5, 5.41) is 2.49. The van der Waals surface area contributed by atoms with E-state index < -0.39 is 0 Å². The molecule has 1 aromatic carbocycles. The average molecular weight is 315 g/mol. The van der Waals surface area contributed by atoms with E-state index in [-0.39, 0.29) is 30.9 Å². The van der Waals surface area contributed by atoms with Crippen LogP contribution in [0.4, 0.5) is 4.79 Å². The molecule has 0 bridgehead atoms. The standard InChI is InChI=1S/C17H21N3O3/c1-12-6-8-19(9-7-12)16(22)14-4-2-13(3-5-14)11-20-15(21)10-18-17(20)23/h2-5,12H,6-11H2,1H3,(H,18,23). The molecule has 4 amide bonds. The number of rotatable bonds is 3. The first-order valence-corrected chi connectivity index (χ1v) is 8.01. The van der Waals surface area contributed by atoms with Crippen LogP contribution >= 0.6 is 0 Å². The van der Waals surface area contributed by atoms with Crippen molar-refractivity contribution in [3.63, 3.8) is 0 Å². The largest absolute Gasteiger partial charge is 0.339 e. The highest BCUT2D eigenvalue weighted by atomic mass is 16.2. The van der Waals surface area contributed by atoms with Crippen molar-refractivity contribution in [2.75, 3.05) is 19.6 Å². The number of piperidine rings is 1. The molecule has 2 fully saturated rings. The van der Waals surface area contributed by atoms with E-state index in [0.717, 1.165) is 31.5 Å². The van der Waals surface area contributed by atoms with Crippen LogP contribution < -0.4 is 5.32 Å². The minimum Gasteiger partial charge on any atom is -0.339 e. The number of imide groups is 1. The Morgan fingerprint density at radius 1 is 1.17 bits per heavy atom. The maximum absolute atomic E-state index is 12.5. The van der Waals surface area contributed by atoms with Crippen LogP contribution in [0.2, 0.25) is 0 Å². The summed E-state index contributed by atoms with van der Waals surface area (Å²) >= 11 is 0. The number of hydrogen-bond donors (Lipinski definition) is 1. The first kappa shape index (κ1) is 15.5. The van der Waals surface area contributed by atoms with Gasteiger partial charge in [0.2, 0.25) is 5.91 Å². The molecule has 0 atom stereocenters. The van der Waals surface area contributed by atoms with Crippen molar-refractivity contribution in [1.29, 1.82) is 0 Å². The molecule has 0 aliphatic carbocycles. The SMILES string of the molecule is CC1CCN(C(=O)c2ccc(CN3C(=O)CNC3=O)cc2)CC1. The second-order valence-electron chi connectivity index (χ2n) is 6.31. The predicted octanol–water partition coefficient (Wildman–Crippen LogP) is 1.61. The zero-order valence-electron chi connectivity index (χ0n) is 13.2. The van der Waals surface area contributed by atoms with Gasteiger partial charge in [0.25, 0.3) is 5.91 Å². The van der Waals surface area contributed by atoms with Gasteiger partial charge >= 0.3 is 6.03 Å². The molecule has 23 heavy (non-hydrogen) atoms. The quantitative estimate of drug-likeness (QED) is 0.862. The number of nitrogens with zero attached hydrogens (tertiary/aromatic N) is 2. The molecule has 6 heteroatoms. The monoisotopic (exact) mass is 315 g/mol. The minimum absolute atomic E-state index is 0.0541. The summed E-state index contributed by atoms with van der Waals surface area (Å²) in [4.78, 5) is 38.7. The van der Waals surface area contributed by atoms with Gasteiger partial charge in [-0.25, -0.2) is 4.79 Å². The van der Waals surface area contributed by atoms with Crippen molar-refractivity contribution in [2.45, 2.75) is 26.3 Å². The van der Waals surface area contributed by atoms with Gasteiger partial charge in [-0.2, -0.15) is 0 Å². The maximum atomic E-state index is 12.5. The van der Waals surface area contributed by atoms with E-state index >= 15 is 0 Å². The van der Waals surface area contributed by atoms with Crippen LogP contribution in [0.1, 0.15) is 35.7 Å². The van der Waals surface area contributed by atoms with E-state index in [1.165, 1.54) is 4.90 Å². The molecule has 0 radical (unpaired) electrons. The van der Waals surface area contributed by atoms with Gasteiger partial charge in [-0.05, 0) is 36.5 Å². The summed E-state index contributed by atoms with van der Waals surface area (Å²) in [5.41, 5.74) is 1.49. The maximum Gasteiger partial charge on any atom is 0.324 e. The first-order valence-electron chi connectivity index (χ1n) is 8.01. The van der Waals surface area contributed by atoms with Gasteiger partial charge in [0.05, 0.1) is 13.1 Å². The third kappa shape index (κ3) is 3.36. The minimum atomic E-state index is -0.363. The Morgan fingerprint density at radius 3 is 2.39 bits per heavy atom. The molecule has 0 unspecified atom stereocenters. The summed E-state index contributed by atoms with van der Waals surface area (Å²) in [6.07, 6.45) is 2.10. The summed E-state index contributed by atoms with van der Waals surface area (Å²) in [5.74, 6) is 0.515. The molecular formula is C17H21N3O3. The van der Waals surface area contributed by atoms with Crippen molar-refractivity contribution in [3.8, 4) is 0 Å². The number of nitrogens with one attached hydrogen (secondary N) is 1. The number of likely N-dealkylation sites (tertiary alicyclic amines) is 1. The van der Waals surface area contributed by atoms with Crippen molar-refractivity contribution in [2.24, 2.45) is 5.92 Å². The highest BCUT2D eigenvalue weighted by Crippen LogP contribution is 2.19. The van der Waals surface area contributed by atoms with Gasteiger partial charge in [-0.1, -0.05) is 19.1 Å². The molecule has 3 rings (SSSR count). The highest BCUT2D eigenvalue weighted by molar-refractivity contribution is 6.01. The lowest BCUT2D eigenvalue weighted by atomic mass is 9.98. The molecular weight excluding hydrogens is 294 g/mol. The fourth-order valence-corrected chi connectivity index (χ4v) is 2.94. The fraction of sp³-hybridized carbons (Fsp3) is 0.471. The molecule has 0 aromatic heterocycles. The normalized spacial score (nSPS) is 19.2. The molecule has 2 heterocycles. The molecule has 2 aliphatic rings. The van der Waals surface area contributed by atoms with Gasteiger partial charge < -0.3 is 10.2 Å². The van der Waals surface area contributed by atoms with E-state index in [0.29, 0.717) is 11.5 Å². The fourth-order valence-electron chi connectivity index (χ4n) is 2.94. The number of amides is 4. The number of carbonyl (C=O) groups excluding carboxylic acids is 3. The summed E-state index contributed by atoms with van der Waals surface area (Å²) in [6, 6.07) is 6.79. The van der Waals surface area contributed by atoms with Gasteiger partial charge in [0.1, 0.15) is 0 Å². The number of urea groups is 1. The van der Waals surface area contributed by atoms with Crippen LogP contribution in [0.3, 0.4) is 0 Å². The zero-order valence-corrected chi connectivity index (χ0v) is 13.2. The molecule has 2 aliphatic heterocycles. The number of hydrogen-bond acceptors (Lipinski definition) is 3. The Kier molecular flexibility index (Phi) is 4.32. The third-order valence-electron chi connectivity index (χ3n) is 4.55. The van der Waals surface area contributed by atoms with Crippen LogP contribution in [0.5, 0.6) is 0 Å². The van der Waals surface area contributed by atoms with E-state index in [2.05, 4.69) is 12.2 Å². The van der Waals surface area contributed by atoms with E-state index in [1.807, 2.05) is 4.90 Å². The lowest BCUT2D eigenvalue weighted by Crippen LogP contribution is -2.37. The highest BCUT2D eigenvalue weighted by Gasteiger charge is 2.28. The molecule has 6 nitrogen and oxygen atoms in total. The number of benzene rings is 1. The third-order valence-corrected chi connectivity index (χ3v) is 4.55. The van der Waals surface area contributed by atoms with Gasteiger partial charge in [0.15, 0.2) is 0 Å². The van der Waals surface area contributed by atoms with Crippen molar-refractivity contribution < 1.29 is 14.4 Å². The smallest absolute Gasteiger partial charge is 0.324 e. The summed E-state index contributed by atoms with van der Waals surface area (Å²) in [6.45, 7) is 4.13. The Balaban J connectivity index is 1.64. The predicted molar refractivity (Wildman–Crippen MR) is 84.7 cm³/mol. The number of carbonyl (C=O) groups is 3. The van der Waals surface area contributed by atoms with Crippen LogP contribution in [-0.2, 0) is 11.3 Å². The molecule has 2 saturated heterocycles. The van der Waals surface area contributed by atoms with Gasteiger partial charge in [0, 0.05) is 18.7 Å². The van der Waals surface area contributed by atoms with E-state index in [4.69, 9.17) is 0 Å². The first-order chi connectivity index (χ1) is 11.0. The van der Waals surface area contributed by atoms with Crippen molar-refractivity contribution in [1.82, 2.24) is 15.1 Å². The molecule has 0 spiro atoms. The second-order valence-corrected chi connectivity index (χ2v) is 6.31. The van der Waals surface area contributed by atoms with E-state index in [9.17, 15) is 14.4 Å². The van der Waals surface area contributed by atoms with Crippen LogP contribution in [0, 0.1) is 5.92 Å². The van der Waals surface area contributed by atoms with Crippen LogP contribution in [-0.4, -0.2) is 47.3 Å². The van der Waals surface area contributed by atoms with E-state index in [1.54, 1.807) is 24.3 Å². The Hall–Kier alpha value is -2.37. The van der Waals surface area contributed by atoms with Crippen LogP contribution in [0.25, 0.3) is 0 Å². The lowest BCUT2D eigenvalue weighted by Gasteiger charge is -2.30. The van der Waals surface area contributed by atoms with Crippen molar-refractivity contribution in [3.05, 3.63) is 35.4 Å². The molecule has 122 valence electrons.